The third kappa shape index (κ3) is 5.18. The van der Waals surface area contributed by atoms with Gasteiger partial charge in [0.1, 0.15) is 5.82 Å². The highest BCUT2D eigenvalue weighted by Crippen LogP contribution is 2.24. The Kier molecular flexibility index (Phi) is 6.63. The van der Waals surface area contributed by atoms with Crippen LogP contribution < -0.4 is 10.2 Å². The predicted octanol–water partition coefficient (Wildman–Crippen LogP) is 3.41. The Labute approximate surface area is 161 Å². The molecule has 2 heterocycles. The average molecular weight is 367 g/mol. The molecular formula is C21H29N5O. The number of hydrogen-bond donors (Lipinski definition) is 1. The van der Waals surface area contributed by atoms with Crippen molar-refractivity contribution in [1.82, 2.24) is 14.9 Å². The first-order chi connectivity index (χ1) is 13.2. The Balaban J connectivity index is 1.80. The SMILES string of the molecule is CCCCCNc1nc(-c2ccccc2)cc(N2CCN(C(C)=O)CC2)n1. The average Bonchev–Trinajstić information content (AvgIpc) is 2.72. The highest BCUT2D eigenvalue weighted by molar-refractivity contribution is 5.73. The van der Waals surface area contributed by atoms with Crippen LogP contribution in [0.15, 0.2) is 36.4 Å². The summed E-state index contributed by atoms with van der Waals surface area (Å²) in [6, 6.07) is 12.3. The standard InChI is InChI=1S/C21H29N5O/c1-3-4-8-11-22-21-23-19(18-9-6-5-7-10-18)16-20(24-21)26-14-12-25(13-15-26)17(2)27/h5-7,9-10,16H,3-4,8,11-15H2,1-2H3,(H,22,23,24). The summed E-state index contributed by atoms with van der Waals surface area (Å²) in [6.07, 6.45) is 3.51. The molecule has 2 aromatic rings. The summed E-state index contributed by atoms with van der Waals surface area (Å²) in [5.74, 6) is 1.74. The summed E-state index contributed by atoms with van der Waals surface area (Å²) in [5.41, 5.74) is 2.01. The maximum atomic E-state index is 11.6. The number of nitrogens with one attached hydrogen (secondary N) is 1. The fourth-order valence-corrected chi connectivity index (χ4v) is 3.26. The van der Waals surface area contributed by atoms with Crippen molar-refractivity contribution in [2.45, 2.75) is 33.1 Å². The zero-order valence-electron chi connectivity index (χ0n) is 16.3. The molecule has 0 unspecified atom stereocenters. The summed E-state index contributed by atoms with van der Waals surface area (Å²) in [6.45, 7) is 7.76. The Hall–Kier alpha value is -2.63. The molecule has 1 fully saturated rings. The van der Waals surface area contributed by atoms with Gasteiger partial charge in [-0.15, -0.1) is 0 Å². The highest BCUT2D eigenvalue weighted by atomic mass is 16.2. The van der Waals surface area contributed by atoms with Crippen LogP contribution in [-0.2, 0) is 4.79 Å². The van der Waals surface area contributed by atoms with Gasteiger partial charge < -0.3 is 15.1 Å². The number of aromatic nitrogens is 2. The molecule has 0 bridgehead atoms. The third-order valence-electron chi connectivity index (χ3n) is 4.89. The maximum Gasteiger partial charge on any atom is 0.225 e. The first-order valence-electron chi connectivity index (χ1n) is 9.86. The lowest BCUT2D eigenvalue weighted by Gasteiger charge is -2.35. The molecule has 1 N–H and O–H groups in total. The fraction of sp³-hybridized carbons (Fsp3) is 0.476. The summed E-state index contributed by atoms with van der Waals surface area (Å²) in [4.78, 5) is 25.2. The van der Waals surface area contributed by atoms with Gasteiger partial charge >= 0.3 is 0 Å². The van der Waals surface area contributed by atoms with Crippen LogP contribution in [0.4, 0.5) is 11.8 Å². The van der Waals surface area contributed by atoms with Gasteiger partial charge in [-0.2, -0.15) is 4.98 Å². The second kappa shape index (κ2) is 9.35. The number of unbranched alkanes of at least 4 members (excludes halogenated alkanes) is 2. The summed E-state index contributed by atoms with van der Waals surface area (Å²) in [5, 5.41) is 3.38. The van der Waals surface area contributed by atoms with Crippen molar-refractivity contribution in [3.8, 4) is 11.3 Å². The van der Waals surface area contributed by atoms with E-state index in [1.807, 2.05) is 23.1 Å². The summed E-state index contributed by atoms with van der Waals surface area (Å²) < 4.78 is 0. The molecule has 1 aliphatic rings. The largest absolute Gasteiger partial charge is 0.354 e. The minimum atomic E-state index is 0.139. The first kappa shape index (κ1) is 19.1. The van der Waals surface area contributed by atoms with E-state index in [9.17, 15) is 4.79 Å². The first-order valence-corrected chi connectivity index (χ1v) is 9.86. The number of benzene rings is 1. The maximum absolute atomic E-state index is 11.6. The molecule has 0 spiro atoms. The molecule has 0 radical (unpaired) electrons. The van der Waals surface area contributed by atoms with E-state index < -0.39 is 0 Å². The second-order valence-corrected chi connectivity index (χ2v) is 6.93. The number of rotatable bonds is 7. The van der Waals surface area contributed by atoms with Crippen molar-refractivity contribution in [2.24, 2.45) is 0 Å². The van der Waals surface area contributed by atoms with Crippen molar-refractivity contribution in [3.63, 3.8) is 0 Å². The molecule has 27 heavy (non-hydrogen) atoms. The number of anilines is 2. The number of hydrogen-bond acceptors (Lipinski definition) is 5. The van der Waals surface area contributed by atoms with Gasteiger partial charge in [0.15, 0.2) is 0 Å². The molecule has 144 valence electrons. The molecule has 1 aromatic heterocycles. The zero-order chi connectivity index (χ0) is 19.1. The predicted molar refractivity (Wildman–Crippen MR) is 110 cm³/mol. The molecule has 6 heteroatoms. The van der Waals surface area contributed by atoms with Crippen LogP contribution in [0.25, 0.3) is 11.3 Å². The fourth-order valence-electron chi connectivity index (χ4n) is 3.26. The van der Waals surface area contributed by atoms with E-state index in [1.165, 1.54) is 12.8 Å². The van der Waals surface area contributed by atoms with Crippen molar-refractivity contribution in [1.29, 1.82) is 0 Å². The van der Waals surface area contributed by atoms with Gasteiger partial charge in [-0.3, -0.25) is 4.79 Å². The number of nitrogens with zero attached hydrogens (tertiary/aromatic N) is 4. The lowest BCUT2D eigenvalue weighted by Crippen LogP contribution is -2.48. The van der Waals surface area contributed by atoms with Crippen LogP contribution in [0.5, 0.6) is 0 Å². The number of amides is 1. The molecule has 0 saturated carbocycles. The lowest BCUT2D eigenvalue weighted by atomic mass is 10.1. The Bertz CT molecular complexity index is 741. The van der Waals surface area contributed by atoms with Crippen molar-refractivity contribution >= 4 is 17.7 Å². The lowest BCUT2D eigenvalue weighted by molar-refractivity contribution is -0.129. The van der Waals surface area contributed by atoms with Crippen LogP contribution in [-0.4, -0.2) is 53.5 Å². The molecule has 0 aliphatic carbocycles. The van der Waals surface area contributed by atoms with Crippen LogP contribution in [0.2, 0.25) is 0 Å². The van der Waals surface area contributed by atoms with Gasteiger partial charge in [0.25, 0.3) is 0 Å². The Morgan fingerprint density at radius 2 is 1.81 bits per heavy atom. The smallest absolute Gasteiger partial charge is 0.225 e. The van der Waals surface area contributed by atoms with Gasteiger partial charge in [-0.05, 0) is 6.42 Å². The molecular weight excluding hydrogens is 338 g/mol. The van der Waals surface area contributed by atoms with Gasteiger partial charge in [0.2, 0.25) is 11.9 Å². The normalized spacial score (nSPS) is 14.3. The van der Waals surface area contributed by atoms with Gasteiger partial charge in [-0.25, -0.2) is 4.98 Å². The molecule has 1 amide bonds. The molecule has 1 aliphatic heterocycles. The van der Waals surface area contributed by atoms with E-state index in [0.717, 1.165) is 56.2 Å². The number of carbonyl (C=O) groups excluding carboxylic acids is 1. The molecule has 0 atom stereocenters. The summed E-state index contributed by atoms with van der Waals surface area (Å²) >= 11 is 0. The number of carbonyl (C=O) groups is 1. The van der Waals surface area contributed by atoms with E-state index in [-0.39, 0.29) is 5.91 Å². The Morgan fingerprint density at radius 3 is 2.48 bits per heavy atom. The van der Waals surface area contributed by atoms with E-state index in [2.05, 4.69) is 35.3 Å². The zero-order valence-corrected chi connectivity index (χ0v) is 16.3. The topological polar surface area (TPSA) is 61.4 Å². The van der Waals surface area contributed by atoms with Crippen molar-refractivity contribution in [3.05, 3.63) is 36.4 Å². The van der Waals surface area contributed by atoms with Crippen LogP contribution in [0.3, 0.4) is 0 Å². The molecule has 1 saturated heterocycles. The minimum absolute atomic E-state index is 0.139. The molecule has 1 aromatic carbocycles. The van der Waals surface area contributed by atoms with Crippen LogP contribution in [0.1, 0.15) is 33.1 Å². The Morgan fingerprint density at radius 1 is 1.07 bits per heavy atom. The van der Waals surface area contributed by atoms with Crippen LogP contribution >= 0.6 is 0 Å². The van der Waals surface area contributed by atoms with Crippen molar-refractivity contribution in [2.75, 3.05) is 42.9 Å². The van der Waals surface area contributed by atoms with E-state index in [4.69, 9.17) is 9.97 Å². The van der Waals surface area contributed by atoms with Gasteiger partial charge in [0.05, 0.1) is 5.69 Å². The molecule has 6 nitrogen and oxygen atoms in total. The van der Waals surface area contributed by atoms with Crippen molar-refractivity contribution < 1.29 is 4.79 Å². The third-order valence-corrected chi connectivity index (χ3v) is 4.89. The van der Waals surface area contributed by atoms with E-state index in [0.29, 0.717) is 5.95 Å². The van der Waals surface area contributed by atoms with Crippen LogP contribution in [0, 0.1) is 0 Å². The minimum Gasteiger partial charge on any atom is -0.354 e. The summed E-state index contributed by atoms with van der Waals surface area (Å²) in [7, 11) is 0. The quantitative estimate of drug-likeness (QED) is 0.760. The monoisotopic (exact) mass is 367 g/mol. The highest BCUT2D eigenvalue weighted by Gasteiger charge is 2.20. The molecule has 3 rings (SSSR count). The second-order valence-electron chi connectivity index (χ2n) is 6.93. The number of piperazine rings is 1. The van der Waals surface area contributed by atoms with E-state index in [1.54, 1.807) is 6.92 Å². The van der Waals surface area contributed by atoms with Gasteiger partial charge in [0, 0.05) is 51.3 Å². The van der Waals surface area contributed by atoms with Gasteiger partial charge in [-0.1, -0.05) is 50.1 Å². The van der Waals surface area contributed by atoms with E-state index >= 15 is 0 Å².